The molecule has 68 valence electrons. The Morgan fingerprint density at radius 3 is 2.25 bits per heavy atom. The zero-order valence-electron chi connectivity index (χ0n) is 7.92. The van der Waals surface area contributed by atoms with Crippen molar-refractivity contribution in [3.63, 3.8) is 0 Å². The molecule has 0 atom stereocenters. The van der Waals surface area contributed by atoms with E-state index in [9.17, 15) is 4.79 Å². The summed E-state index contributed by atoms with van der Waals surface area (Å²) in [6.45, 7) is 5.71. The number of carbonyl (C=O) groups is 1. The Labute approximate surface area is 73.6 Å². The van der Waals surface area contributed by atoms with Crippen molar-refractivity contribution in [2.45, 2.75) is 27.2 Å². The van der Waals surface area contributed by atoms with Gasteiger partial charge in [-0.25, -0.2) is 0 Å². The molecule has 0 spiro atoms. The molecule has 0 aromatic carbocycles. The predicted molar refractivity (Wildman–Crippen MR) is 49.9 cm³/mol. The van der Waals surface area contributed by atoms with Crippen molar-refractivity contribution in [2.24, 2.45) is 0 Å². The molecule has 0 rings (SSSR count). The van der Waals surface area contributed by atoms with Crippen LogP contribution < -0.4 is 0 Å². The van der Waals surface area contributed by atoms with Crippen LogP contribution in [0.3, 0.4) is 0 Å². The van der Waals surface area contributed by atoms with Gasteiger partial charge in [-0.1, -0.05) is 11.1 Å². The molecule has 1 N–H and O–H groups in total. The smallest absolute Gasteiger partial charge is 0.178 e. The Kier molecular flexibility index (Phi) is 5.30. The Hall–Kier alpha value is -0.890. The van der Waals surface area contributed by atoms with E-state index in [-0.39, 0.29) is 12.4 Å². The fourth-order valence-electron chi connectivity index (χ4n) is 0.818. The molecule has 0 bridgehead atoms. The average Bonchev–Trinajstić information content (AvgIpc) is 1.84. The van der Waals surface area contributed by atoms with Gasteiger partial charge in [-0.2, -0.15) is 0 Å². The van der Waals surface area contributed by atoms with E-state index in [2.05, 4.69) is 0 Å². The zero-order chi connectivity index (χ0) is 9.56. The van der Waals surface area contributed by atoms with Crippen LogP contribution in [0.2, 0.25) is 0 Å². The van der Waals surface area contributed by atoms with Crippen LogP contribution in [0, 0.1) is 0 Å². The monoisotopic (exact) mass is 168 g/mol. The van der Waals surface area contributed by atoms with Gasteiger partial charge in [-0.05, 0) is 39.3 Å². The predicted octanol–water partition coefficient (Wildman–Crippen LogP) is 1.85. The molecular weight excluding hydrogens is 152 g/mol. The van der Waals surface area contributed by atoms with Crippen LogP contribution in [0.15, 0.2) is 23.3 Å². The third kappa shape index (κ3) is 5.86. The summed E-state index contributed by atoms with van der Waals surface area (Å²) in [4.78, 5) is 11.1. The quantitative estimate of drug-likeness (QED) is 0.650. The zero-order valence-corrected chi connectivity index (χ0v) is 7.92. The Balaban J connectivity index is 4.15. The second-order valence-electron chi connectivity index (χ2n) is 3.09. The van der Waals surface area contributed by atoms with E-state index < -0.39 is 0 Å². The van der Waals surface area contributed by atoms with Crippen LogP contribution in [-0.4, -0.2) is 17.5 Å². The molecule has 0 aromatic heterocycles. The summed E-state index contributed by atoms with van der Waals surface area (Å²) >= 11 is 0. The second kappa shape index (κ2) is 5.72. The number of rotatable bonds is 4. The van der Waals surface area contributed by atoms with Gasteiger partial charge in [0.2, 0.25) is 0 Å². The highest BCUT2D eigenvalue weighted by Crippen LogP contribution is 2.00. The van der Waals surface area contributed by atoms with Crippen molar-refractivity contribution < 1.29 is 9.90 Å². The van der Waals surface area contributed by atoms with Gasteiger partial charge in [-0.3, -0.25) is 4.79 Å². The lowest BCUT2D eigenvalue weighted by Gasteiger charge is -1.94. The lowest BCUT2D eigenvalue weighted by atomic mass is 10.1. The Morgan fingerprint density at radius 1 is 1.25 bits per heavy atom. The van der Waals surface area contributed by atoms with Crippen molar-refractivity contribution in [1.82, 2.24) is 0 Å². The van der Waals surface area contributed by atoms with Crippen LogP contribution in [0.5, 0.6) is 0 Å². The first kappa shape index (κ1) is 11.1. The molecule has 2 nitrogen and oxygen atoms in total. The van der Waals surface area contributed by atoms with E-state index >= 15 is 0 Å². The normalized spacial score (nSPS) is 11.2. The van der Waals surface area contributed by atoms with Crippen molar-refractivity contribution in [1.29, 1.82) is 0 Å². The van der Waals surface area contributed by atoms with E-state index in [0.717, 1.165) is 11.1 Å². The SMILES string of the molecule is CC(C)=CC(=O)C=C(C)CCO. The van der Waals surface area contributed by atoms with Gasteiger partial charge in [0.15, 0.2) is 5.78 Å². The van der Waals surface area contributed by atoms with E-state index in [1.165, 1.54) is 0 Å². The highest BCUT2D eigenvalue weighted by atomic mass is 16.3. The molecule has 0 fully saturated rings. The molecule has 0 heterocycles. The van der Waals surface area contributed by atoms with E-state index in [1.54, 1.807) is 12.2 Å². The highest BCUT2D eigenvalue weighted by Gasteiger charge is 1.93. The maximum atomic E-state index is 11.1. The third-order valence-electron chi connectivity index (χ3n) is 1.33. The molecule has 12 heavy (non-hydrogen) atoms. The number of aliphatic hydroxyl groups excluding tert-OH is 1. The number of ketones is 1. The highest BCUT2D eigenvalue weighted by molar-refractivity contribution is 5.99. The van der Waals surface area contributed by atoms with Gasteiger partial charge in [0, 0.05) is 6.61 Å². The molecule has 0 aliphatic heterocycles. The number of aliphatic hydroxyl groups is 1. The largest absolute Gasteiger partial charge is 0.396 e. The summed E-state index contributed by atoms with van der Waals surface area (Å²) < 4.78 is 0. The van der Waals surface area contributed by atoms with Crippen LogP contribution in [0.1, 0.15) is 27.2 Å². The molecule has 0 aliphatic rings. The number of allylic oxidation sites excluding steroid dienone is 3. The lowest BCUT2D eigenvalue weighted by Crippen LogP contribution is -1.91. The third-order valence-corrected chi connectivity index (χ3v) is 1.33. The maximum absolute atomic E-state index is 11.1. The van der Waals surface area contributed by atoms with Crippen LogP contribution in [-0.2, 0) is 4.79 Å². The first-order valence-corrected chi connectivity index (χ1v) is 4.03. The summed E-state index contributed by atoms with van der Waals surface area (Å²) in [6, 6.07) is 0. The fraction of sp³-hybridized carbons (Fsp3) is 0.500. The fourth-order valence-corrected chi connectivity index (χ4v) is 0.818. The summed E-state index contributed by atoms with van der Waals surface area (Å²) in [5.41, 5.74) is 1.91. The van der Waals surface area contributed by atoms with Gasteiger partial charge in [0.05, 0.1) is 0 Å². The summed E-state index contributed by atoms with van der Waals surface area (Å²) in [5.74, 6) is 0.000880. The molecule has 0 unspecified atom stereocenters. The minimum atomic E-state index is 0.000880. The lowest BCUT2D eigenvalue weighted by molar-refractivity contribution is -0.110. The average molecular weight is 168 g/mol. The van der Waals surface area contributed by atoms with Crippen LogP contribution in [0.4, 0.5) is 0 Å². The van der Waals surface area contributed by atoms with Crippen LogP contribution in [0.25, 0.3) is 0 Å². The second-order valence-corrected chi connectivity index (χ2v) is 3.09. The Morgan fingerprint density at radius 2 is 1.83 bits per heavy atom. The first-order chi connectivity index (χ1) is 5.56. The molecule has 0 radical (unpaired) electrons. The molecular formula is C10H16O2. The van der Waals surface area contributed by atoms with E-state index in [4.69, 9.17) is 5.11 Å². The summed E-state index contributed by atoms with van der Waals surface area (Å²) in [7, 11) is 0. The standard InChI is InChI=1S/C10H16O2/c1-8(2)6-10(12)7-9(3)4-5-11/h6-7,11H,4-5H2,1-3H3. The summed E-state index contributed by atoms with van der Waals surface area (Å²) in [5, 5.41) is 8.56. The molecule has 0 aromatic rings. The first-order valence-electron chi connectivity index (χ1n) is 4.03. The van der Waals surface area contributed by atoms with Gasteiger partial charge < -0.3 is 5.11 Å². The van der Waals surface area contributed by atoms with Crippen molar-refractivity contribution in [3.05, 3.63) is 23.3 Å². The van der Waals surface area contributed by atoms with Crippen molar-refractivity contribution in [3.8, 4) is 0 Å². The van der Waals surface area contributed by atoms with Gasteiger partial charge in [0.1, 0.15) is 0 Å². The molecule has 0 saturated heterocycles. The number of carbonyl (C=O) groups excluding carboxylic acids is 1. The number of hydrogen-bond donors (Lipinski definition) is 1. The molecule has 2 heteroatoms. The molecule has 0 amide bonds. The van der Waals surface area contributed by atoms with Crippen molar-refractivity contribution >= 4 is 5.78 Å². The van der Waals surface area contributed by atoms with Gasteiger partial charge in [-0.15, -0.1) is 0 Å². The van der Waals surface area contributed by atoms with Crippen molar-refractivity contribution in [2.75, 3.05) is 6.61 Å². The van der Waals surface area contributed by atoms with E-state index in [0.29, 0.717) is 6.42 Å². The van der Waals surface area contributed by atoms with E-state index in [1.807, 2.05) is 20.8 Å². The number of hydrogen-bond acceptors (Lipinski definition) is 2. The molecule has 0 aliphatic carbocycles. The maximum Gasteiger partial charge on any atom is 0.178 e. The minimum Gasteiger partial charge on any atom is -0.396 e. The molecule has 0 saturated carbocycles. The summed E-state index contributed by atoms with van der Waals surface area (Å²) in [6.07, 6.45) is 3.71. The van der Waals surface area contributed by atoms with Crippen LogP contribution >= 0.6 is 0 Å². The minimum absolute atomic E-state index is 0.000880. The Bertz CT molecular complexity index is 208. The topological polar surface area (TPSA) is 37.3 Å². The van der Waals surface area contributed by atoms with Gasteiger partial charge >= 0.3 is 0 Å². The van der Waals surface area contributed by atoms with Gasteiger partial charge in [0.25, 0.3) is 0 Å².